The summed E-state index contributed by atoms with van der Waals surface area (Å²) >= 11 is 0. The molecule has 0 atom stereocenters. The third-order valence-electron chi connectivity index (χ3n) is 4.20. The van der Waals surface area contributed by atoms with Crippen molar-refractivity contribution in [3.8, 4) is 12.1 Å². The smallest absolute Gasteiger partial charge is 0.355 e. The minimum Gasteiger partial charge on any atom is -0.451 e. The molecule has 11 heteroatoms. The zero-order chi connectivity index (χ0) is 22.0. The zero-order valence-corrected chi connectivity index (χ0v) is 17.6. The summed E-state index contributed by atoms with van der Waals surface area (Å²) < 4.78 is 32.8. The molecular formula is C18H25N5O5S. The molecule has 0 bridgehead atoms. The van der Waals surface area contributed by atoms with E-state index in [2.05, 4.69) is 0 Å². The van der Waals surface area contributed by atoms with Crippen LogP contribution in [0.5, 0.6) is 0 Å². The van der Waals surface area contributed by atoms with E-state index in [1.165, 1.54) is 33.1 Å². The molecule has 1 aromatic heterocycles. The van der Waals surface area contributed by atoms with E-state index >= 15 is 0 Å². The van der Waals surface area contributed by atoms with Gasteiger partial charge in [0, 0.05) is 39.4 Å². The predicted octanol–water partition coefficient (Wildman–Crippen LogP) is 0.868. The average molecular weight is 423 g/mol. The van der Waals surface area contributed by atoms with E-state index < -0.39 is 28.5 Å². The standard InChI is InChI=1S/C18H25N5O5S/c1-4-23(5-2)29(26,27)15-12-16(21(3)13-15)18(25)28-14-17(24)22(10-6-8-19)11-7-9-20/h12-13H,4-7,10-11,14H2,1-3H3. The molecule has 0 spiro atoms. The van der Waals surface area contributed by atoms with Gasteiger partial charge < -0.3 is 14.2 Å². The Morgan fingerprint density at radius 2 is 1.69 bits per heavy atom. The van der Waals surface area contributed by atoms with E-state index in [0.29, 0.717) is 13.1 Å². The number of amides is 1. The first kappa shape index (κ1) is 24.1. The topological polar surface area (TPSA) is 136 Å². The maximum absolute atomic E-state index is 12.6. The highest BCUT2D eigenvalue weighted by atomic mass is 32.2. The van der Waals surface area contributed by atoms with Crippen LogP contribution in [0.2, 0.25) is 0 Å². The maximum Gasteiger partial charge on any atom is 0.355 e. The molecule has 0 unspecified atom stereocenters. The fourth-order valence-electron chi connectivity index (χ4n) is 2.61. The number of sulfonamides is 1. The van der Waals surface area contributed by atoms with Crippen molar-refractivity contribution in [2.75, 3.05) is 32.8 Å². The summed E-state index contributed by atoms with van der Waals surface area (Å²) in [6.07, 6.45) is 1.50. The van der Waals surface area contributed by atoms with Crippen LogP contribution in [-0.2, 0) is 26.6 Å². The number of aryl methyl sites for hydroxylation is 1. The monoisotopic (exact) mass is 423 g/mol. The molecule has 10 nitrogen and oxygen atoms in total. The molecule has 1 aromatic rings. The molecule has 158 valence electrons. The maximum atomic E-state index is 12.6. The molecule has 1 heterocycles. The molecule has 0 saturated carbocycles. The van der Waals surface area contributed by atoms with Crippen LogP contribution in [-0.4, -0.2) is 66.9 Å². The Morgan fingerprint density at radius 3 is 2.17 bits per heavy atom. The largest absolute Gasteiger partial charge is 0.451 e. The number of hydrogen-bond donors (Lipinski definition) is 0. The van der Waals surface area contributed by atoms with Gasteiger partial charge in [-0.05, 0) is 6.07 Å². The zero-order valence-electron chi connectivity index (χ0n) is 16.8. The summed E-state index contributed by atoms with van der Waals surface area (Å²) in [7, 11) is -2.23. The van der Waals surface area contributed by atoms with E-state index in [4.69, 9.17) is 15.3 Å². The second-order valence-corrected chi connectivity index (χ2v) is 7.97. The normalized spacial score (nSPS) is 11.0. The van der Waals surface area contributed by atoms with E-state index in [1.54, 1.807) is 13.8 Å². The van der Waals surface area contributed by atoms with Crippen LogP contribution >= 0.6 is 0 Å². The van der Waals surface area contributed by atoms with Crippen molar-refractivity contribution < 1.29 is 22.7 Å². The lowest BCUT2D eigenvalue weighted by atomic mass is 10.3. The highest BCUT2D eigenvalue weighted by Gasteiger charge is 2.26. The first-order valence-electron chi connectivity index (χ1n) is 9.08. The number of esters is 1. The quantitative estimate of drug-likeness (QED) is 0.482. The number of carbonyl (C=O) groups excluding carboxylic acids is 2. The van der Waals surface area contributed by atoms with Gasteiger partial charge in [0.1, 0.15) is 10.6 Å². The van der Waals surface area contributed by atoms with Crippen LogP contribution in [0.3, 0.4) is 0 Å². The fraction of sp³-hybridized carbons (Fsp3) is 0.556. The Balaban J connectivity index is 2.88. The van der Waals surface area contributed by atoms with Crippen LogP contribution in [0.4, 0.5) is 0 Å². The fourth-order valence-corrected chi connectivity index (χ4v) is 4.14. The lowest BCUT2D eigenvalue weighted by molar-refractivity contribution is -0.134. The molecule has 0 aliphatic carbocycles. The second-order valence-electron chi connectivity index (χ2n) is 6.03. The van der Waals surface area contributed by atoms with Crippen LogP contribution in [0.15, 0.2) is 17.2 Å². The van der Waals surface area contributed by atoms with Crippen LogP contribution < -0.4 is 0 Å². The first-order chi connectivity index (χ1) is 13.7. The summed E-state index contributed by atoms with van der Waals surface area (Å²) in [4.78, 5) is 25.8. The summed E-state index contributed by atoms with van der Waals surface area (Å²) in [6, 6.07) is 5.04. The molecular weight excluding hydrogens is 398 g/mol. The van der Waals surface area contributed by atoms with Crippen molar-refractivity contribution in [3.05, 3.63) is 18.0 Å². The molecule has 1 amide bonds. The van der Waals surface area contributed by atoms with Crippen LogP contribution in [0.25, 0.3) is 0 Å². The van der Waals surface area contributed by atoms with E-state index in [-0.39, 0.29) is 36.5 Å². The number of rotatable bonds is 11. The van der Waals surface area contributed by atoms with Crippen molar-refractivity contribution in [1.82, 2.24) is 13.8 Å². The van der Waals surface area contributed by atoms with Gasteiger partial charge in [0.05, 0.1) is 25.0 Å². The molecule has 29 heavy (non-hydrogen) atoms. The second kappa shape index (κ2) is 11.2. The van der Waals surface area contributed by atoms with Gasteiger partial charge in [0.15, 0.2) is 6.61 Å². The number of aromatic nitrogens is 1. The van der Waals surface area contributed by atoms with Gasteiger partial charge >= 0.3 is 5.97 Å². The van der Waals surface area contributed by atoms with E-state index in [9.17, 15) is 18.0 Å². The van der Waals surface area contributed by atoms with Gasteiger partial charge in [-0.3, -0.25) is 4.79 Å². The van der Waals surface area contributed by atoms with Crippen molar-refractivity contribution in [2.45, 2.75) is 31.6 Å². The van der Waals surface area contributed by atoms with Gasteiger partial charge in [-0.2, -0.15) is 14.8 Å². The Kier molecular flexibility index (Phi) is 9.32. The van der Waals surface area contributed by atoms with Gasteiger partial charge in [-0.1, -0.05) is 13.8 Å². The Labute approximate surface area is 170 Å². The Bertz CT molecular complexity index is 888. The van der Waals surface area contributed by atoms with Crippen molar-refractivity contribution in [3.63, 3.8) is 0 Å². The molecule has 0 aromatic carbocycles. The Morgan fingerprint density at radius 1 is 1.14 bits per heavy atom. The van der Waals surface area contributed by atoms with Gasteiger partial charge in [0.2, 0.25) is 10.0 Å². The first-order valence-corrected chi connectivity index (χ1v) is 10.5. The highest BCUT2D eigenvalue weighted by molar-refractivity contribution is 7.89. The van der Waals surface area contributed by atoms with Crippen LogP contribution in [0.1, 0.15) is 37.2 Å². The molecule has 0 fully saturated rings. The minimum atomic E-state index is -3.73. The summed E-state index contributed by atoms with van der Waals surface area (Å²) in [5.74, 6) is -1.38. The van der Waals surface area contributed by atoms with E-state index in [1.807, 2.05) is 12.1 Å². The summed E-state index contributed by atoms with van der Waals surface area (Å²) in [5.41, 5.74) is -0.0101. The van der Waals surface area contributed by atoms with Crippen molar-refractivity contribution in [1.29, 1.82) is 10.5 Å². The van der Waals surface area contributed by atoms with Crippen LogP contribution in [0, 0.1) is 22.7 Å². The number of carbonyl (C=O) groups is 2. The SMILES string of the molecule is CCN(CC)S(=O)(=O)c1cc(C(=O)OCC(=O)N(CCC#N)CCC#N)n(C)c1. The molecule has 0 radical (unpaired) electrons. The number of hydrogen-bond acceptors (Lipinski definition) is 7. The molecule has 0 saturated heterocycles. The summed E-state index contributed by atoms with van der Waals surface area (Å²) in [6.45, 7) is 3.71. The molecule has 1 rings (SSSR count). The lowest BCUT2D eigenvalue weighted by Gasteiger charge is -2.20. The Hall–Kier alpha value is -2.89. The lowest BCUT2D eigenvalue weighted by Crippen LogP contribution is -2.36. The highest BCUT2D eigenvalue weighted by Crippen LogP contribution is 2.19. The van der Waals surface area contributed by atoms with E-state index in [0.717, 1.165) is 0 Å². The van der Waals surface area contributed by atoms with Gasteiger partial charge in [0.25, 0.3) is 5.91 Å². The molecule has 0 aliphatic rings. The number of nitriles is 2. The predicted molar refractivity (Wildman–Crippen MR) is 103 cm³/mol. The number of nitrogens with zero attached hydrogens (tertiary/aromatic N) is 5. The number of ether oxygens (including phenoxy) is 1. The minimum absolute atomic E-state index is 0.0101. The molecule has 0 aliphatic heterocycles. The summed E-state index contributed by atoms with van der Waals surface area (Å²) in [5, 5.41) is 17.3. The third kappa shape index (κ3) is 6.31. The van der Waals surface area contributed by atoms with Crippen molar-refractivity contribution >= 4 is 21.9 Å². The third-order valence-corrected chi connectivity index (χ3v) is 6.21. The molecule has 0 N–H and O–H groups in total. The van der Waals surface area contributed by atoms with Gasteiger partial charge in [-0.25, -0.2) is 13.2 Å². The average Bonchev–Trinajstić information content (AvgIpc) is 3.09. The van der Waals surface area contributed by atoms with Gasteiger partial charge in [-0.15, -0.1) is 0 Å². The van der Waals surface area contributed by atoms with Crippen molar-refractivity contribution in [2.24, 2.45) is 7.05 Å².